The van der Waals surface area contributed by atoms with Crippen LogP contribution in [0.5, 0.6) is 0 Å². The summed E-state index contributed by atoms with van der Waals surface area (Å²) in [5.74, 6) is 0. The third-order valence-electron chi connectivity index (χ3n) is 1.59. The van der Waals surface area contributed by atoms with Gasteiger partial charge in [0.05, 0.1) is 0 Å². The van der Waals surface area contributed by atoms with Crippen molar-refractivity contribution in [1.82, 2.24) is 4.98 Å². The largest absolute Gasteiger partial charge is 0.419 e. The van der Waals surface area contributed by atoms with E-state index < -0.39 is 12.3 Å². The minimum absolute atomic E-state index is 0.0203. The summed E-state index contributed by atoms with van der Waals surface area (Å²) in [5.41, 5.74) is 0.692. The molecule has 0 aromatic carbocycles. The molecule has 6 heteroatoms. The molecule has 0 radical (unpaired) electrons. The molecule has 2 nitrogen and oxygen atoms in total. The molecule has 1 atom stereocenters. The second-order valence-corrected chi connectivity index (χ2v) is 3.31. The van der Waals surface area contributed by atoms with Crippen molar-refractivity contribution < 1.29 is 16.2 Å². The van der Waals surface area contributed by atoms with Crippen LogP contribution in [0.25, 0.3) is 0 Å². The van der Waals surface area contributed by atoms with Crippen LogP contribution < -0.4 is 0 Å². The Balaban J connectivity index is 3.01. The molecule has 0 aliphatic carbocycles. The normalized spacial score (nSPS) is 14.1. The molecule has 0 aliphatic rings. The van der Waals surface area contributed by atoms with E-state index >= 15 is 0 Å². The van der Waals surface area contributed by atoms with Crippen molar-refractivity contribution >= 4 is 23.0 Å². The van der Waals surface area contributed by atoms with E-state index in [1.807, 2.05) is 0 Å². The highest BCUT2D eigenvalue weighted by atomic mass is 127. The maximum Gasteiger partial charge on any atom is 0.419 e. The van der Waals surface area contributed by atoms with E-state index in [-0.39, 0.29) is 5.56 Å². The van der Waals surface area contributed by atoms with Gasteiger partial charge < -0.3 is 0 Å². The molecule has 0 fully saturated rings. The van der Waals surface area contributed by atoms with Crippen LogP contribution in [-0.4, -0.2) is 11.2 Å². The Labute approximate surface area is 93.2 Å². The first-order valence-corrected chi connectivity index (χ1v) is 4.59. The first-order valence-electron chi connectivity index (χ1n) is 3.71. The Hall–Kier alpha value is -0.370. The molecule has 14 heavy (non-hydrogen) atoms. The van der Waals surface area contributed by atoms with E-state index in [0.717, 1.165) is 6.20 Å². The Morgan fingerprint density at radius 3 is 2.50 bits per heavy atom. The predicted octanol–water partition coefficient (Wildman–Crippen LogP) is 3.36. The SMILES string of the molecule is Cc1cncc(C(OI)C(F)(F)F)c1. The molecule has 0 N–H and O–H groups in total. The van der Waals surface area contributed by atoms with Crippen LogP contribution >= 0.6 is 23.0 Å². The molecule has 1 aromatic heterocycles. The third-order valence-corrected chi connectivity index (χ3v) is 2.09. The number of aromatic nitrogens is 1. The standard InChI is InChI=1S/C8H7F3INO/c1-5-2-6(4-13-3-5)7(14-12)8(9,10)11/h2-4,7H,1H3. The summed E-state index contributed by atoms with van der Waals surface area (Å²) in [7, 11) is 0. The molecule has 1 heterocycles. The fraction of sp³-hybridized carbons (Fsp3) is 0.375. The van der Waals surface area contributed by atoms with Crippen LogP contribution in [0.3, 0.4) is 0 Å². The van der Waals surface area contributed by atoms with Crippen LogP contribution in [0, 0.1) is 6.92 Å². The van der Waals surface area contributed by atoms with E-state index in [0.29, 0.717) is 5.56 Å². The van der Waals surface area contributed by atoms with Gasteiger partial charge in [-0.1, -0.05) is 6.07 Å². The van der Waals surface area contributed by atoms with Crippen molar-refractivity contribution in [3.05, 3.63) is 29.6 Å². The molecule has 0 saturated heterocycles. The molecule has 0 amide bonds. The van der Waals surface area contributed by atoms with Gasteiger partial charge in [0.1, 0.15) is 23.0 Å². The molecule has 1 unspecified atom stereocenters. The first kappa shape index (κ1) is 11.7. The van der Waals surface area contributed by atoms with Gasteiger partial charge in [-0.25, -0.2) is 0 Å². The van der Waals surface area contributed by atoms with Gasteiger partial charge in [-0.15, -0.1) is 0 Å². The van der Waals surface area contributed by atoms with Crippen LogP contribution in [-0.2, 0) is 3.07 Å². The summed E-state index contributed by atoms with van der Waals surface area (Å²) >= 11 is 1.24. The fourth-order valence-corrected chi connectivity index (χ4v) is 1.59. The first-order chi connectivity index (χ1) is 6.45. The van der Waals surface area contributed by atoms with E-state index in [1.165, 1.54) is 35.3 Å². The van der Waals surface area contributed by atoms with Crippen molar-refractivity contribution in [3.8, 4) is 0 Å². The smallest absolute Gasteiger partial charge is 0.298 e. The van der Waals surface area contributed by atoms with Gasteiger partial charge in [0.2, 0.25) is 0 Å². The highest BCUT2D eigenvalue weighted by molar-refractivity contribution is 14.1. The minimum Gasteiger partial charge on any atom is -0.298 e. The van der Waals surface area contributed by atoms with E-state index in [4.69, 9.17) is 0 Å². The fourth-order valence-electron chi connectivity index (χ4n) is 1.01. The summed E-state index contributed by atoms with van der Waals surface area (Å²) in [6.45, 7) is 1.68. The maximum atomic E-state index is 12.4. The van der Waals surface area contributed by atoms with Crippen molar-refractivity contribution in [2.75, 3.05) is 0 Å². The number of halogens is 4. The lowest BCUT2D eigenvalue weighted by Crippen LogP contribution is -2.21. The van der Waals surface area contributed by atoms with Crippen molar-refractivity contribution in [1.29, 1.82) is 0 Å². The Bertz CT molecular complexity index is 316. The van der Waals surface area contributed by atoms with Crippen LogP contribution in [0.15, 0.2) is 18.5 Å². The zero-order chi connectivity index (χ0) is 10.8. The quantitative estimate of drug-likeness (QED) is 0.781. The second-order valence-electron chi connectivity index (χ2n) is 2.81. The lowest BCUT2D eigenvalue weighted by atomic mass is 10.1. The molecule has 1 rings (SSSR count). The topological polar surface area (TPSA) is 22.1 Å². The van der Waals surface area contributed by atoms with Crippen molar-refractivity contribution in [3.63, 3.8) is 0 Å². The molecule has 78 valence electrons. The molecule has 0 bridgehead atoms. The van der Waals surface area contributed by atoms with Gasteiger partial charge in [-0.05, 0) is 12.5 Å². The molecular weight excluding hydrogens is 310 g/mol. The zero-order valence-corrected chi connectivity index (χ0v) is 9.33. The number of alkyl halides is 3. The summed E-state index contributed by atoms with van der Waals surface area (Å²) < 4.78 is 41.5. The average Bonchev–Trinajstić information content (AvgIpc) is 2.02. The van der Waals surface area contributed by atoms with Gasteiger partial charge in [0, 0.05) is 18.0 Å². The monoisotopic (exact) mass is 317 g/mol. The predicted molar refractivity (Wildman–Crippen MR) is 52.9 cm³/mol. The molecule has 0 saturated carbocycles. The number of hydrogen-bond donors (Lipinski definition) is 0. The number of aryl methyl sites for hydroxylation is 1. The maximum absolute atomic E-state index is 12.4. The van der Waals surface area contributed by atoms with Crippen molar-refractivity contribution in [2.24, 2.45) is 0 Å². The number of rotatable bonds is 2. The summed E-state index contributed by atoms with van der Waals surface area (Å²) in [5, 5.41) is 0. The average molecular weight is 317 g/mol. The number of nitrogens with zero attached hydrogens (tertiary/aromatic N) is 1. The molecule has 1 aromatic rings. The molecule has 0 spiro atoms. The van der Waals surface area contributed by atoms with Crippen LogP contribution in [0.2, 0.25) is 0 Å². The highest BCUT2D eigenvalue weighted by Gasteiger charge is 2.42. The summed E-state index contributed by atoms with van der Waals surface area (Å²) in [6.07, 6.45) is -3.67. The van der Waals surface area contributed by atoms with E-state index in [9.17, 15) is 13.2 Å². The Morgan fingerprint density at radius 1 is 1.43 bits per heavy atom. The van der Waals surface area contributed by atoms with Crippen LogP contribution in [0.4, 0.5) is 13.2 Å². The Morgan fingerprint density at radius 2 is 2.07 bits per heavy atom. The third kappa shape index (κ3) is 2.81. The number of pyridine rings is 1. The highest BCUT2D eigenvalue weighted by Crippen LogP contribution is 2.37. The second kappa shape index (κ2) is 4.43. The lowest BCUT2D eigenvalue weighted by molar-refractivity contribution is -0.189. The van der Waals surface area contributed by atoms with Gasteiger partial charge in [0.15, 0.2) is 6.10 Å². The van der Waals surface area contributed by atoms with E-state index in [2.05, 4.69) is 8.05 Å². The van der Waals surface area contributed by atoms with E-state index in [1.54, 1.807) is 6.92 Å². The lowest BCUT2D eigenvalue weighted by Gasteiger charge is -2.17. The van der Waals surface area contributed by atoms with Gasteiger partial charge >= 0.3 is 6.18 Å². The molecular formula is C8H7F3INO. The summed E-state index contributed by atoms with van der Waals surface area (Å²) in [6, 6.07) is 1.41. The summed E-state index contributed by atoms with van der Waals surface area (Å²) in [4.78, 5) is 3.68. The van der Waals surface area contributed by atoms with Gasteiger partial charge in [-0.3, -0.25) is 8.05 Å². The molecule has 0 aliphatic heterocycles. The number of hydrogen-bond acceptors (Lipinski definition) is 2. The Kier molecular flexibility index (Phi) is 3.71. The minimum atomic E-state index is -4.41. The zero-order valence-electron chi connectivity index (χ0n) is 7.18. The van der Waals surface area contributed by atoms with Crippen LogP contribution in [0.1, 0.15) is 17.2 Å². The van der Waals surface area contributed by atoms with Gasteiger partial charge in [-0.2, -0.15) is 13.2 Å². The van der Waals surface area contributed by atoms with Gasteiger partial charge in [0.25, 0.3) is 0 Å². The van der Waals surface area contributed by atoms with Crippen molar-refractivity contribution in [2.45, 2.75) is 19.2 Å².